The Morgan fingerprint density at radius 3 is 2.93 bits per heavy atom. The predicted molar refractivity (Wildman–Crippen MR) is 52.2 cm³/mol. The third-order valence-electron chi connectivity index (χ3n) is 2.36. The summed E-state index contributed by atoms with van der Waals surface area (Å²) in [6.07, 6.45) is 3.81. The first-order chi connectivity index (χ1) is 7.25. The molecule has 0 spiro atoms. The summed E-state index contributed by atoms with van der Waals surface area (Å²) in [5.41, 5.74) is 0. The zero-order chi connectivity index (χ0) is 10.7. The molecule has 0 unspecified atom stereocenters. The van der Waals surface area contributed by atoms with E-state index in [1.807, 2.05) is 17.8 Å². The van der Waals surface area contributed by atoms with Gasteiger partial charge in [0.05, 0.1) is 26.1 Å². The van der Waals surface area contributed by atoms with Crippen LogP contribution in [0.2, 0.25) is 0 Å². The molecule has 1 aromatic rings. The molecule has 1 aromatic heterocycles. The Bertz CT molecular complexity index is 342. The van der Waals surface area contributed by atoms with E-state index in [0.717, 1.165) is 5.82 Å². The Balaban J connectivity index is 1.84. The van der Waals surface area contributed by atoms with E-state index in [2.05, 4.69) is 4.98 Å². The molecule has 0 amide bonds. The number of hydrogen-bond acceptors (Lipinski definition) is 4. The second kappa shape index (κ2) is 4.55. The van der Waals surface area contributed by atoms with Gasteiger partial charge in [-0.05, 0) is 0 Å². The number of ether oxygens (including phenoxy) is 2. The predicted octanol–water partition coefficient (Wildman–Crippen LogP) is 0.295. The van der Waals surface area contributed by atoms with Gasteiger partial charge in [0, 0.05) is 19.4 Å². The van der Waals surface area contributed by atoms with Crippen molar-refractivity contribution in [1.82, 2.24) is 9.55 Å². The SMILES string of the molecule is Cn1ccnc1CC(=O)CC1OCCO1. The lowest BCUT2D eigenvalue weighted by molar-refractivity contribution is -0.126. The molecule has 0 radical (unpaired) electrons. The Labute approximate surface area is 88.0 Å². The molecule has 82 valence electrons. The van der Waals surface area contributed by atoms with Gasteiger partial charge in [-0.15, -0.1) is 0 Å². The molecule has 2 rings (SSSR count). The Kier molecular flexibility index (Phi) is 3.13. The van der Waals surface area contributed by atoms with E-state index in [1.54, 1.807) is 6.20 Å². The monoisotopic (exact) mass is 210 g/mol. The molecule has 1 aliphatic rings. The quantitative estimate of drug-likeness (QED) is 0.717. The molecule has 15 heavy (non-hydrogen) atoms. The topological polar surface area (TPSA) is 53.4 Å². The van der Waals surface area contributed by atoms with E-state index in [9.17, 15) is 4.79 Å². The van der Waals surface area contributed by atoms with Crippen LogP contribution in [0.1, 0.15) is 12.2 Å². The van der Waals surface area contributed by atoms with E-state index in [4.69, 9.17) is 9.47 Å². The molecule has 0 N–H and O–H groups in total. The average molecular weight is 210 g/mol. The number of aromatic nitrogens is 2. The van der Waals surface area contributed by atoms with Crippen molar-refractivity contribution < 1.29 is 14.3 Å². The van der Waals surface area contributed by atoms with Gasteiger partial charge in [-0.1, -0.05) is 0 Å². The molecule has 5 nitrogen and oxygen atoms in total. The van der Waals surface area contributed by atoms with Crippen molar-refractivity contribution in [1.29, 1.82) is 0 Å². The number of carbonyl (C=O) groups is 1. The standard InChI is InChI=1S/C10H14N2O3/c1-12-3-2-11-9(12)6-8(13)7-10-14-4-5-15-10/h2-3,10H,4-7H2,1H3. The number of ketones is 1. The molecule has 5 heteroatoms. The fourth-order valence-corrected chi connectivity index (χ4v) is 1.53. The van der Waals surface area contributed by atoms with Crippen molar-refractivity contribution in [3.63, 3.8) is 0 Å². The molecule has 2 heterocycles. The maximum absolute atomic E-state index is 11.6. The van der Waals surface area contributed by atoms with Crippen molar-refractivity contribution >= 4 is 5.78 Å². The highest BCUT2D eigenvalue weighted by molar-refractivity contribution is 5.80. The number of hydrogen-bond donors (Lipinski definition) is 0. The first-order valence-corrected chi connectivity index (χ1v) is 4.97. The van der Waals surface area contributed by atoms with Crippen LogP contribution in [0.15, 0.2) is 12.4 Å². The number of rotatable bonds is 4. The summed E-state index contributed by atoms with van der Waals surface area (Å²) in [5.74, 6) is 0.870. The first-order valence-electron chi connectivity index (χ1n) is 4.97. The number of carbonyl (C=O) groups excluding carboxylic acids is 1. The molecule has 0 atom stereocenters. The highest BCUT2D eigenvalue weighted by Crippen LogP contribution is 2.09. The molecule has 1 saturated heterocycles. The summed E-state index contributed by atoms with van der Waals surface area (Å²) in [6.45, 7) is 1.17. The van der Waals surface area contributed by atoms with E-state index in [1.165, 1.54) is 0 Å². The maximum atomic E-state index is 11.6. The van der Waals surface area contributed by atoms with Gasteiger partial charge in [0.25, 0.3) is 0 Å². The largest absolute Gasteiger partial charge is 0.350 e. The second-order valence-corrected chi connectivity index (χ2v) is 3.55. The Morgan fingerprint density at radius 1 is 1.60 bits per heavy atom. The lowest BCUT2D eigenvalue weighted by Crippen LogP contribution is -2.17. The lowest BCUT2D eigenvalue weighted by Gasteiger charge is -2.07. The molecule has 0 aromatic carbocycles. The van der Waals surface area contributed by atoms with Gasteiger partial charge in [0.15, 0.2) is 6.29 Å². The molecule has 0 bridgehead atoms. The number of nitrogens with zero attached hydrogens (tertiary/aromatic N) is 2. The highest BCUT2D eigenvalue weighted by Gasteiger charge is 2.20. The van der Waals surface area contributed by atoms with Crippen LogP contribution in [0.5, 0.6) is 0 Å². The van der Waals surface area contributed by atoms with Crippen LogP contribution in [0.3, 0.4) is 0 Å². The van der Waals surface area contributed by atoms with Crippen LogP contribution in [-0.2, 0) is 27.7 Å². The van der Waals surface area contributed by atoms with E-state index >= 15 is 0 Å². The normalized spacial score (nSPS) is 17.1. The van der Waals surface area contributed by atoms with Gasteiger partial charge < -0.3 is 14.0 Å². The van der Waals surface area contributed by atoms with Gasteiger partial charge in [0.2, 0.25) is 0 Å². The summed E-state index contributed by atoms with van der Waals surface area (Å²) in [4.78, 5) is 15.7. The Hall–Kier alpha value is -1.20. The van der Waals surface area contributed by atoms with Crippen molar-refractivity contribution in [2.75, 3.05) is 13.2 Å². The van der Waals surface area contributed by atoms with Crippen molar-refractivity contribution in [2.45, 2.75) is 19.1 Å². The van der Waals surface area contributed by atoms with E-state index in [-0.39, 0.29) is 12.1 Å². The highest BCUT2D eigenvalue weighted by atomic mass is 16.7. The number of aryl methyl sites for hydroxylation is 1. The molecular formula is C10H14N2O3. The smallest absolute Gasteiger partial charge is 0.164 e. The number of Topliss-reactive ketones (excluding diaryl/α,β-unsaturated/α-hetero) is 1. The van der Waals surface area contributed by atoms with Crippen LogP contribution in [0.25, 0.3) is 0 Å². The van der Waals surface area contributed by atoms with Crippen molar-refractivity contribution in [3.8, 4) is 0 Å². The summed E-state index contributed by atoms with van der Waals surface area (Å²) >= 11 is 0. The fourth-order valence-electron chi connectivity index (χ4n) is 1.53. The first kappa shape index (κ1) is 10.3. The second-order valence-electron chi connectivity index (χ2n) is 3.55. The fraction of sp³-hybridized carbons (Fsp3) is 0.600. The minimum Gasteiger partial charge on any atom is -0.350 e. The van der Waals surface area contributed by atoms with Crippen LogP contribution in [0.4, 0.5) is 0 Å². The Morgan fingerprint density at radius 2 is 2.33 bits per heavy atom. The van der Waals surface area contributed by atoms with Crippen LogP contribution < -0.4 is 0 Å². The van der Waals surface area contributed by atoms with Crippen molar-refractivity contribution in [3.05, 3.63) is 18.2 Å². The van der Waals surface area contributed by atoms with Crippen LogP contribution in [0, 0.1) is 0 Å². The molecule has 1 fully saturated rings. The average Bonchev–Trinajstić information content (AvgIpc) is 2.79. The summed E-state index contributed by atoms with van der Waals surface area (Å²) in [5, 5.41) is 0. The van der Waals surface area contributed by atoms with Gasteiger partial charge in [0.1, 0.15) is 11.6 Å². The third-order valence-corrected chi connectivity index (χ3v) is 2.36. The van der Waals surface area contributed by atoms with E-state index < -0.39 is 0 Å². The zero-order valence-corrected chi connectivity index (χ0v) is 8.68. The lowest BCUT2D eigenvalue weighted by atomic mass is 10.2. The van der Waals surface area contributed by atoms with Crippen LogP contribution >= 0.6 is 0 Å². The minimum atomic E-state index is -0.349. The zero-order valence-electron chi connectivity index (χ0n) is 8.68. The molecule has 0 aliphatic carbocycles. The van der Waals surface area contributed by atoms with Gasteiger partial charge in [-0.3, -0.25) is 4.79 Å². The minimum absolute atomic E-state index is 0.0937. The van der Waals surface area contributed by atoms with Crippen molar-refractivity contribution in [2.24, 2.45) is 7.05 Å². The van der Waals surface area contributed by atoms with Gasteiger partial charge >= 0.3 is 0 Å². The third kappa shape index (κ3) is 2.64. The summed E-state index contributed by atoms with van der Waals surface area (Å²) in [6, 6.07) is 0. The van der Waals surface area contributed by atoms with Gasteiger partial charge in [-0.25, -0.2) is 4.98 Å². The van der Waals surface area contributed by atoms with E-state index in [0.29, 0.717) is 26.1 Å². The maximum Gasteiger partial charge on any atom is 0.164 e. The number of imidazole rings is 1. The summed E-state index contributed by atoms with van der Waals surface area (Å²) < 4.78 is 12.2. The van der Waals surface area contributed by atoms with Crippen LogP contribution in [-0.4, -0.2) is 34.8 Å². The molecule has 0 saturated carbocycles. The molecule has 1 aliphatic heterocycles. The summed E-state index contributed by atoms with van der Waals surface area (Å²) in [7, 11) is 1.87. The molecular weight excluding hydrogens is 196 g/mol. The van der Waals surface area contributed by atoms with Gasteiger partial charge in [-0.2, -0.15) is 0 Å².